The summed E-state index contributed by atoms with van der Waals surface area (Å²) < 4.78 is 16.5. The Bertz CT molecular complexity index is 799. The van der Waals surface area contributed by atoms with Crippen LogP contribution in [0, 0.1) is 0 Å². The summed E-state index contributed by atoms with van der Waals surface area (Å²) in [4.78, 5) is 17.0. The molecule has 2 heterocycles. The van der Waals surface area contributed by atoms with Gasteiger partial charge in [-0.1, -0.05) is 12.1 Å². The van der Waals surface area contributed by atoms with Gasteiger partial charge in [0, 0.05) is 38.8 Å². The molecule has 164 valence electrons. The molecular weight excluding hydrogens is 382 g/mol. The summed E-state index contributed by atoms with van der Waals surface area (Å²) in [5.74, 6) is 1.82. The van der Waals surface area contributed by atoms with Crippen molar-refractivity contribution < 1.29 is 18.7 Å². The molecule has 7 heteroatoms. The van der Waals surface area contributed by atoms with Gasteiger partial charge in [0.1, 0.15) is 11.5 Å². The van der Waals surface area contributed by atoms with Crippen molar-refractivity contribution in [2.45, 2.75) is 33.0 Å². The molecular formula is C23H33N3O4. The third-order valence-electron chi connectivity index (χ3n) is 5.31. The molecule has 30 heavy (non-hydrogen) atoms. The quantitative estimate of drug-likeness (QED) is 0.644. The molecule has 1 aromatic heterocycles. The average Bonchev–Trinajstić information content (AvgIpc) is 3.23. The Morgan fingerprint density at radius 2 is 2.00 bits per heavy atom. The molecule has 7 nitrogen and oxygen atoms in total. The van der Waals surface area contributed by atoms with E-state index in [0.717, 1.165) is 50.9 Å². The summed E-state index contributed by atoms with van der Waals surface area (Å²) >= 11 is 0. The van der Waals surface area contributed by atoms with E-state index in [1.807, 2.05) is 24.3 Å². The van der Waals surface area contributed by atoms with Crippen molar-refractivity contribution in [2.75, 3.05) is 46.5 Å². The topological polar surface area (TPSA) is 67.2 Å². The van der Waals surface area contributed by atoms with Gasteiger partial charge < -0.3 is 19.2 Å². The summed E-state index contributed by atoms with van der Waals surface area (Å²) in [5.41, 5.74) is 1.18. The van der Waals surface area contributed by atoms with E-state index in [1.165, 1.54) is 5.56 Å². The monoisotopic (exact) mass is 415 g/mol. The van der Waals surface area contributed by atoms with Crippen LogP contribution in [-0.2, 0) is 17.8 Å². The Morgan fingerprint density at radius 1 is 1.20 bits per heavy atom. The molecule has 3 rings (SSSR count). The van der Waals surface area contributed by atoms with E-state index >= 15 is 0 Å². The molecule has 2 aromatic rings. The van der Waals surface area contributed by atoms with Crippen molar-refractivity contribution in [2.24, 2.45) is 0 Å². The molecule has 1 aliphatic rings. The minimum atomic E-state index is -0.168. The number of benzene rings is 1. The molecule has 1 aromatic carbocycles. The number of methoxy groups -OCH3 is 1. The highest BCUT2D eigenvalue weighted by atomic mass is 16.5. The third kappa shape index (κ3) is 6.58. The lowest BCUT2D eigenvalue weighted by atomic mass is 10.1. The standard InChI is InChI=1S/C23H33N3O4/c1-18(2)26(16-19-5-4-6-20(15-19)28-3)17-21-7-8-22(30-21)23(27)24-9-10-25-11-13-29-14-12-25/h4-8,15,18H,9-14,16-17H2,1-3H3,(H,24,27). The highest BCUT2D eigenvalue weighted by molar-refractivity contribution is 5.91. The molecule has 0 atom stereocenters. The lowest BCUT2D eigenvalue weighted by Crippen LogP contribution is -2.41. The Hall–Kier alpha value is -2.35. The fourth-order valence-corrected chi connectivity index (χ4v) is 3.45. The highest BCUT2D eigenvalue weighted by Crippen LogP contribution is 2.18. The predicted octanol–water partition coefficient (Wildman–Crippen LogP) is 2.76. The summed E-state index contributed by atoms with van der Waals surface area (Å²) in [6, 6.07) is 12.0. The number of nitrogens with one attached hydrogen (secondary N) is 1. The van der Waals surface area contributed by atoms with E-state index in [0.29, 0.717) is 24.9 Å². The van der Waals surface area contributed by atoms with Crippen molar-refractivity contribution in [3.63, 3.8) is 0 Å². The van der Waals surface area contributed by atoms with Crippen molar-refractivity contribution in [1.82, 2.24) is 15.1 Å². The zero-order chi connectivity index (χ0) is 21.3. The van der Waals surface area contributed by atoms with Crippen LogP contribution in [0.2, 0.25) is 0 Å². The normalized spacial score (nSPS) is 15.0. The maximum atomic E-state index is 12.4. The third-order valence-corrected chi connectivity index (χ3v) is 5.31. The minimum absolute atomic E-state index is 0.168. The first kappa shape index (κ1) is 22.3. The van der Waals surface area contributed by atoms with Gasteiger partial charge in [-0.05, 0) is 43.7 Å². The zero-order valence-corrected chi connectivity index (χ0v) is 18.2. The highest BCUT2D eigenvalue weighted by Gasteiger charge is 2.17. The average molecular weight is 416 g/mol. The number of furan rings is 1. The van der Waals surface area contributed by atoms with Crippen molar-refractivity contribution in [3.05, 3.63) is 53.5 Å². The predicted molar refractivity (Wildman–Crippen MR) is 116 cm³/mol. The van der Waals surface area contributed by atoms with E-state index in [9.17, 15) is 4.79 Å². The summed E-state index contributed by atoms with van der Waals surface area (Å²) in [6.45, 7) is 10.5. The van der Waals surface area contributed by atoms with Gasteiger partial charge in [0.2, 0.25) is 0 Å². The Morgan fingerprint density at radius 3 is 2.73 bits per heavy atom. The first-order valence-electron chi connectivity index (χ1n) is 10.6. The van der Waals surface area contributed by atoms with E-state index in [4.69, 9.17) is 13.9 Å². The molecule has 1 saturated heterocycles. The first-order chi connectivity index (χ1) is 14.5. The summed E-state index contributed by atoms with van der Waals surface area (Å²) in [6.07, 6.45) is 0. The number of ether oxygens (including phenoxy) is 2. The maximum Gasteiger partial charge on any atom is 0.287 e. The van der Waals surface area contributed by atoms with Gasteiger partial charge in [0.25, 0.3) is 5.91 Å². The number of amides is 1. The molecule has 1 fully saturated rings. The van der Waals surface area contributed by atoms with Gasteiger partial charge in [-0.2, -0.15) is 0 Å². The van der Waals surface area contributed by atoms with E-state index in [-0.39, 0.29) is 5.91 Å². The van der Waals surface area contributed by atoms with E-state index in [1.54, 1.807) is 13.2 Å². The first-order valence-corrected chi connectivity index (χ1v) is 10.6. The fourth-order valence-electron chi connectivity index (χ4n) is 3.45. The molecule has 0 bridgehead atoms. The maximum absolute atomic E-state index is 12.4. The molecule has 1 aliphatic heterocycles. The van der Waals surface area contributed by atoms with Gasteiger partial charge >= 0.3 is 0 Å². The van der Waals surface area contributed by atoms with Gasteiger partial charge in [0.05, 0.1) is 26.9 Å². The Labute approximate surface area is 178 Å². The van der Waals surface area contributed by atoms with E-state index in [2.05, 4.69) is 35.0 Å². The second-order valence-corrected chi connectivity index (χ2v) is 7.83. The Balaban J connectivity index is 1.52. The molecule has 0 spiro atoms. The lowest BCUT2D eigenvalue weighted by Gasteiger charge is -2.26. The van der Waals surface area contributed by atoms with Crippen molar-refractivity contribution in [3.8, 4) is 5.75 Å². The van der Waals surface area contributed by atoms with E-state index < -0.39 is 0 Å². The van der Waals surface area contributed by atoms with Crippen molar-refractivity contribution in [1.29, 1.82) is 0 Å². The number of rotatable bonds is 10. The smallest absolute Gasteiger partial charge is 0.287 e. The summed E-state index contributed by atoms with van der Waals surface area (Å²) in [5, 5.41) is 2.95. The van der Waals surface area contributed by atoms with Crippen LogP contribution < -0.4 is 10.1 Å². The van der Waals surface area contributed by atoms with Gasteiger partial charge in [-0.3, -0.25) is 14.6 Å². The SMILES string of the molecule is COc1cccc(CN(Cc2ccc(C(=O)NCCN3CCOCC3)o2)C(C)C)c1. The molecule has 0 radical (unpaired) electrons. The van der Waals surface area contributed by atoms with Crippen LogP contribution in [0.25, 0.3) is 0 Å². The minimum Gasteiger partial charge on any atom is -0.497 e. The van der Waals surface area contributed by atoms with Crippen LogP contribution in [0.3, 0.4) is 0 Å². The number of hydrogen-bond acceptors (Lipinski definition) is 6. The van der Waals surface area contributed by atoms with Crippen LogP contribution in [0.5, 0.6) is 5.75 Å². The molecule has 0 unspecified atom stereocenters. The molecule has 0 aliphatic carbocycles. The molecule has 1 amide bonds. The second kappa shape index (κ2) is 11.2. The van der Waals surface area contributed by atoms with Gasteiger partial charge in [-0.25, -0.2) is 0 Å². The molecule has 1 N–H and O–H groups in total. The fraction of sp³-hybridized carbons (Fsp3) is 0.522. The zero-order valence-electron chi connectivity index (χ0n) is 18.2. The van der Waals surface area contributed by atoms with Gasteiger partial charge in [0.15, 0.2) is 5.76 Å². The summed E-state index contributed by atoms with van der Waals surface area (Å²) in [7, 11) is 1.68. The van der Waals surface area contributed by atoms with Gasteiger partial charge in [-0.15, -0.1) is 0 Å². The largest absolute Gasteiger partial charge is 0.497 e. The lowest BCUT2D eigenvalue weighted by molar-refractivity contribution is 0.0382. The Kier molecular flexibility index (Phi) is 8.30. The molecule has 0 saturated carbocycles. The number of hydrogen-bond donors (Lipinski definition) is 1. The van der Waals surface area contributed by atoms with Crippen LogP contribution >= 0.6 is 0 Å². The number of nitrogens with zero attached hydrogens (tertiary/aromatic N) is 2. The van der Waals surface area contributed by atoms with Crippen LogP contribution in [0.15, 0.2) is 40.8 Å². The van der Waals surface area contributed by atoms with Crippen LogP contribution in [0.1, 0.15) is 35.7 Å². The van der Waals surface area contributed by atoms with Crippen molar-refractivity contribution >= 4 is 5.91 Å². The number of carbonyl (C=O) groups is 1. The second-order valence-electron chi connectivity index (χ2n) is 7.83. The number of carbonyl (C=O) groups excluding carboxylic acids is 1. The van der Waals surface area contributed by atoms with Crippen LogP contribution in [0.4, 0.5) is 0 Å². The number of morpholine rings is 1. The van der Waals surface area contributed by atoms with Crippen LogP contribution in [-0.4, -0.2) is 68.3 Å².